The summed E-state index contributed by atoms with van der Waals surface area (Å²) in [5.41, 5.74) is 1.33. The molecular weight excluding hydrogens is 344 g/mol. The number of methoxy groups -OCH3 is 1. The number of rotatable bonds is 8. The molecule has 0 heterocycles. The lowest BCUT2D eigenvalue weighted by Crippen LogP contribution is -2.32. The van der Waals surface area contributed by atoms with Crippen LogP contribution in [-0.4, -0.2) is 31.6 Å². The van der Waals surface area contributed by atoms with E-state index in [4.69, 9.17) is 9.47 Å². The van der Waals surface area contributed by atoms with Gasteiger partial charge in [0.05, 0.1) is 18.9 Å². The van der Waals surface area contributed by atoms with E-state index in [1.807, 2.05) is 38.1 Å². The number of benzene rings is 2. The fraction of sp³-hybridized carbons (Fsp3) is 0.333. The minimum Gasteiger partial charge on any atom is -0.495 e. The summed E-state index contributed by atoms with van der Waals surface area (Å²) >= 11 is 0. The normalized spacial score (nSPS) is 10.4. The molecule has 1 N–H and O–H groups in total. The van der Waals surface area contributed by atoms with Crippen LogP contribution in [0.15, 0.2) is 48.5 Å². The zero-order valence-corrected chi connectivity index (χ0v) is 16.2. The van der Waals surface area contributed by atoms with Crippen LogP contribution in [0.2, 0.25) is 0 Å². The first kappa shape index (κ1) is 20.3. The number of nitrogens with one attached hydrogen (secondary N) is 1. The lowest BCUT2D eigenvalue weighted by molar-refractivity contribution is -0.117. The van der Waals surface area contributed by atoms with E-state index < -0.39 is 0 Å². The molecule has 0 fully saturated rings. The van der Waals surface area contributed by atoms with Gasteiger partial charge in [0, 0.05) is 25.6 Å². The van der Waals surface area contributed by atoms with Crippen molar-refractivity contribution in [2.75, 3.05) is 23.9 Å². The molecule has 0 saturated carbocycles. The summed E-state index contributed by atoms with van der Waals surface area (Å²) < 4.78 is 10.9. The predicted octanol–water partition coefficient (Wildman–Crippen LogP) is 3.86. The minimum absolute atomic E-state index is 0.0954. The molecule has 2 aromatic rings. The molecule has 0 aliphatic heterocycles. The van der Waals surface area contributed by atoms with Crippen LogP contribution in [0.5, 0.6) is 11.5 Å². The van der Waals surface area contributed by atoms with Gasteiger partial charge in [-0.25, -0.2) is 0 Å². The highest BCUT2D eigenvalue weighted by molar-refractivity contribution is 5.95. The summed E-state index contributed by atoms with van der Waals surface area (Å²) in [5, 5.41) is 2.83. The van der Waals surface area contributed by atoms with Gasteiger partial charge in [0.1, 0.15) is 11.5 Å². The van der Waals surface area contributed by atoms with Crippen LogP contribution >= 0.6 is 0 Å². The average molecular weight is 370 g/mol. The summed E-state index contributed by atoms with van der Waals surface area (Å²) in [6, 6.07) is 14.4. The lowest BCUT2D eigenvalue weighted by Gasteiger charge is -2.23. The van der Waals surface area contributed by atoms with Crippen molar-refractivity contribution in [2.24, 2.45) is 0 Å². The van der Waals surface area contributed by atoms with E-state index in [2.05, 4.69) is 5.32 Å². The Balaban J connectivity index is 1.97. The molecule has 0 radical (unpaired) electrons. The summed E-state index contributed by atoms with van der Waals surface area (Å²) in [4.78, 5) is 25.8. The summed E-state index contributed by atoms with van der Waals surface area (Å²) in [5.74, 6) is 1.02. The molecule has 6 nitrogen and oxygen atoms in total. The van der Waals surface area contributed by atoms with Gasteiger partial charge in [-0.3, -0.25) is 9.59 Å². The molecule has 0 aliphatic rings. The Morgan fingerprint density at radius 3 is 2.33 bits per heavy atom. The Labute approximate surface area is 160 Å². The van der Waals surface area contributed by atoms with Crippen LogP contribution in [0.1, 0.15) is 27.2 Å². The first-order chi connectivity index (χ1) is 12.9. The molecule has 27 heavy (non-hydrogen) atoms. The largest absolute Gasteiger partial charge is 0.495 e. The maximum absolute atomic E-state index is 12.3. The molecule has 0 unspecified atom stereocenters. The van der Waals surface area contributed by atoms with E-state index in [0.717, 1.165) is 5.75 Å². The number of ether oxygens (including phenoxy) is 2. The molecule has 2 rings (SSSR count). The zero-order valence-electron chi connectivity index (χ0n) is 16.2. The van der Waals surface area contributed by atoms with Crippen LogP contribution in [0.4, 0.5) is 11.4 Å². The maximum atomic E-state index is 12.3. The van der Waals surface area contributed by atoms with Crippen molar-refractivity contribution in [2.45, 2.75) is 33.3 Å². The fourth-order valence-electron chi connectivity index (χ4n) is 2.63. The van der Waals surface area contributed by atoms with Crippen LogP contribution in [0.3, 0.4) is 0 Å². The second-order valence-electron chi connectivity index (χ2n) is 6.33. The van der Waals surface area contributed by atoms with Crippen LogP contribution in [0, 0.1) is 0 Å². The number of hydrogen-bond acceptors (Lipinski definition) is 4. The molecular formula is C21H26N2O4. The van der Waals surface area contributed by atoms with Crippen molar-refractivity contribution in [3.05, 3.63) is 48.5 Å². The van der Waals surface area contributed by atoms with E-state index in [1.165, 1.54) is 11.8 Å². The molecule has 0 atom stereocenters. The van der Waals surface area contributed by atoms with Crippen LogP contribution in [0.25, 0.3) is 0 Å². The van der Waals surface area contributed by atoms with Crippen LogP contribution in [-0.2, 0) is 9.59 Å². The summed E-state index contributed by atoms with van der Waals surface area (Å²) in [6.07, 6.45) is 0.264. The van der Waals surface area contributed by atoms with Crippen LogP contribution < -0.4 is 19.7 Å². The third-order valence-corrected chi connectivity index (χ3v) is 3.83. The Bertz CT molecular complexity index is 772. The van der Waals surface area contributed by atoms with Gasteiger partial charge in [0.25, 0.3) is 0 Å². The van der Waals surface area contributed by atoms with Crippen molar-refractivity contribution in [3.8, 4) is 11.5 Å². The van der Waals surface area contributed by atoms with Gasteiger partial charge in [-0.1, -0.05) is 12.1 Å². The third-order valence-electron chi connectivity index (χ3n) is 3.83. The highest BCUT2D eigenvalue weighted by Crippen LogP contribution is 2.28. The SMILES string of the molecule is COc1ccccc1N(CCC(=O)Nc1ccc(OC(C)C)cc1)C(C)=O. The van der Waals surface area contributed by atoms with E-state index in [0.29, 0.717) is 17.1 Å². The molecule has 0 bridgehead atoms. The van der Waals surface area contributed by atoms with E-state index in [9.17, 15) is 9.59 Å². The van der Waals surface area contributed by atoms with Gasteiger partial charge in [-0.2, -0.15) is 0 Å². The standard InChI is InChI=1S/C21H26N2O4/c1-15(2)27-18-11-9-17(10-12-18)22-21(25)13-14-23(16(3)24)19-7-5-6-8-20(19)26-4/h5-12,15H,13-14H2,1-4H3,(H,22,25). The summed E-state index contributed by atoms with van der Waals surface area (Å²) in [7, 11) is 1.55. The Morgan fingerprint density at radius 2 is 1.74 bits per heavy atom. The second-order valence-corrected chi connectivity index (χ2v) is 6.33. The topological polar surface area (TPSA) is 67.9 Å². The van der Waals surface area contributed by atoms with Crippen molar-refractivity contribution in [1.29, 1.82) is 0 Å². The molecule has 0 aromatic heterocycles. The number of carbonyl (C=O) groups excluding carboxylic acids is 2. The van der Waals surface area contributed by atoms with Gasteiger partial charge in [-0.15, -0.1) is 0 Å². The van der Waals surface area contributed by atoms with E-state index >= 15 is 0 Å². The lowest BCUT2D eigenvalue weighted by atomic mass is 10.2. The first-order valence-corrected chi connectivity index (χ1v) is 8.88. The number of hydrogen-bond donors (Lipinski definition) is 1. The Hall–Kier alpha value is -3.02. The van der Waals surface area contributed by atoms with Crippen molar-refractivity contribution < 1.29 is 19.1 Å². The van der Waals surface area contributed by atoms with Crippen molar-refractivity contribution >= 4 is 23.2 Å². The zero-order chi connectivity index (χ0) is 19.8. The Kier molecular flexibility index (Phi) is 7.23. The van der Waals surface area contributed by atoms with E-state index in [-0.39, 0.29) is 30.9 Å². The molecule has 0 saturated heterocycles. The number of nitrogens with zero attached hydrogens (tertiary/aromatic N) is 1. The van der Waals surface area contributed by atoms with Crippen molar-refractivity contribution in [3.63, 3.8) is 0 Å². The van der Waals surface area contributed by atoms with Gasteiger partial charge in [0.2, 0.25) is 11.8 Å². The predicted molar refractivity (Wildman–Crippen MR) is 106 cm³/mol. The molecule has 144 valence electrons. The molecule has 6 heteroatoms. The first-order valence-electron chi connectivity index (χ1n) is 8.88. The van der Waals surface area contributed by atoms with Gasteiger partial charge in [0.15, 0.2) is 0 Å². The maximum Gasteiger partial charge on any atom is 0.226 e. The number of amides is 2. The summed E-state index contributed by atoms with van der Waals surface area (Å²) in [6.45, 7) is 5.64. The van der Waals surface area contributed by atoms with Gasteiger partial charge >= 0.3 is 0 Å². The number of anilines is 2. The van der Waals surface area contributed by atoms with Gasteiger partial charge in [-0.05, 0) is 50.2 Å². The second kappa shape index (κ2) is 9.62. The fourth-order valence-corrected chi connectivity index (χ4v) is 2.63. The van der Waals surface area contributed by atoms with Gasteiger partial charge < -0.3 is 19.7 Å². The average Bonchev–Trinajstić information content (AvgIpc) is 2.63. The molecule has 2 aromatic carbocycles. The smallest absolute Gasteiger partial charge is 0.226 e. The molecule has 2 amide bonds. The van der Waals surface area contributed by atoms with Crippen molar-refractivity contribution in [1.82, 2.24) is 0 Å². The number of carbonyl (C=O) groups is 2. The Morgan fingerprint density at radius 1 is 1.07 bits per heavy atom. The third kappa shape index (κ3) is 6.02. The minimum atomic E-state index is -0.173. The highest BCUT2D eigenvalue weighted by Gasteiger charge is 2.17. The quantitative estimate of drug-likeness (QED) is 0.766. The molecule has 0 spiro atoms. The highest BCUT2D eigenvalue weighted by atomic mass is 16.5. The number of para-hydroxylation sites is 2. The monoisotopic (exact) mass is 370 g/mol. The van der Waals surface area contributed by atoms with E-state index in [1.54, 1.807) is 31.4 Å². The molecule has 0 aliphatic carbocycles.